The van der Waals surface area contributed by atoms with Crippen LogP contribution < -0.4 is 11.1 Å². The molecule has 3 aromatic rings. The maximum atomic E-state index is 13.8. The van der Waals surface area contributed by atoms with Gasteiger partial charge in [0.25, 0.3) is 0 Å². The molecule has 1 aromatic heterocycles. The van der Waals surface area contributed by atoms with E-state index in [2.05, 4.69) is 5.32 Å². The van der Waals surface area contributed by atoms with E-state index in [1.165, 1.54) is 23.5 Å². The Hall–Kier alpha value is -3.25. The van der Waals surface area contributed by atoms with Gasteiger partial charge in [0.05, 0.1) is 0 Å². The van der Waals surface area contributed by atoms with E-state index < -0.39 is 5.91 Å². The molecule has 1 heterocycles. The van der Waals surface area contributed by atoms with Crippen LogP contribution in [0.3, 0.4) is 0 Å². The predicted octanol–water partition coefficient (Wildman–Crippen LogP) is 4.31. The molecule has 0 aliphatic heterocycles. The maximum Gasteiger partial charge on any atom is 0.248 e. The molecule has 0 unspecified atom stereocenters. The van der Waals surface area contributed by atoms with E-state index in [1.54, 1.807) is 48.5 Å². The van der Waals surface area contributed by atoms with Gasteiger partial charge in [0.2, 0.25) is 11.8 Å². The van der Waals surface area contributed by atoms with Crippen molar-refractivity contribution in [3.8, 4) is 10.4 Å². The van der Waals surface area contributed by atoms with Gasteiger partial charge in [-0.2, -0.15) is 0 Å². The fraction of sp³-hybridized carbons (Fsp3) is 0. The van der Waals surface area contributed by atoms with Gasteiger partial charge in [0.15, 0.2) is 0 Å². The average molecular weight is 366 g/mol. The lowest BCUT2D eigenvalue weighted by Gasteiger charge is -2.02. The summed E-state index contributed by atoms with van der Waals surface area (Å²) in [4.78, 5) is 24.6. The lowest BCUT2D eigenvalue weighted by molar-refractivity contribution is -0.111. The zero-order chi connectivity index (χ0) is 18.5. The third kappa shape index (κ3) is 4.23. The largest absolute Gasteiger partial charge is 0.366 e. The van der Waals surface area contributed by atoms with Crippen molar-refractivity contribution in [1.29, 1.82) is 0 Å². The Bertz CT molecular complexity index is 977. The first-order valence-corrected chi connectivity index (χ1v) is 8.58. The number of hydrogen-bond donors (Lipinski definition) is 2. The number of halogens is 1. The van der Waals surface area contributed by atoms with Gasteiger partial charge in [-0.1, -0.05) is 18.2 Å². The Kier molecular flexibility index (Phi) is 5.24. The Morgan fingerprint density at radius 2 is 1.73 bits per heavy atom. The molecule has 3 rings (SSSR count). The van der Waals surface area contributed by atoms with E-state index in [9.17, 15) is 14.0 Å². The third-order valence-electron chi connectivity index (χ3n) is 3.60. The van der Waals surface area contributed by atoms with Gasteiger partial charge in [-0.15, -0.1) is 11.3 Å². The molecule has 0 saturated heterocycles. The minimum absolute atomic E-state index is 0.276. The molecule has 0 atom stereocenters. The highest BCUT2D eigenvalue weighted by Gasteiger charge is 2.06. The zero-order valence-electron chi connectivity index (χ0n) is 13.6. The summed E-state index contributed by atoms with van der Waals surface area (Å²) in [5, 5.41) is 2.69. The van der Waals surface area contributed by atoms with Gasteiger partial charge in [0, 0.05) is 32.6 Å². The van der Waals surface area contributed by atoms with Crippen LogP contribution in [0.4, 0.5) is 10.1 Å². The first-order chi connectivity index (χ1) is 12.5. The lowest BCUT2D eigenvalue weighted by atomic mass is 10.2. The predicted molar refractivity (Wildman–Crippen MR) is 102 cm³/mol. The first-order valence-electron chi connectivity index (χ1n) is 7.76. The van der Waals surface area contributed by atoms with E-state index in [0.717, 1.165) is 9.75 Å². The summed E-state index contributed by atoms with van der Waals surface area (Å²) < 4.78 is 13.8. The fourth-order valence-electron chi connectivity index (χ4n) is 2.31. The highest BCUT2D eigenvalue weighted by Crippen LogP contribution is 2.30. The normalized spacial score (nSPS) is 10.8. The van der Waals surface area contributed by atoms with Crippen molar-refractivity contribution in [2.24, 2.45) is 5.73 Å². The molecular weight excluding hydrogens is 351 g/mol. The summed E-state index contributed by atoms with van der Waals surface area (Å²) in [6, 6.07) is 16.5. The minimum atomic E-state index is -0.522. The number of primary amides is 1. The van der Waals surface area contributed by atoms with Crippen LogP contribution in [0.2, 0.25) is 0 Å². The quantitative estimate of drug-likeness (QED) is 0.661. The Balaban J connectivity index is 1.65. The van der Waals surface area contributed by atoms with Crippen LogP contribution in [-0.4, -0.2) is 11.8 Å². The summed E-state index contributed by atoms with van der Waals surface area (Å²) in [6.45, 7) is 0. The standard InChI is InChI=1S/C20H15FN2O2S/c21-17-4-2-1-3-16(17)18-11-9-15(26-18)10-12-19(24)23-14-7-5-13(6-8-14)20(22)25/h1-12H,(H2,22,25)(H,23,24)/b12-10+. The van der Waals surface area contributed by atoms with Crippen LogP contribution in [0.5, 0.6) is 0 Å². The van der Waals surface area contributed by atoms with Gasteiger partial charge < -0.3 is 11.1 Å². The second-order valence-electron chi connectivity index (χ2n) is 5.45. The number of carbonyl (C=O) groups is 2. The summed E-state index contributed by atoms with van der Waals surface area (Å²) in [7, 11) is 0. The summed E-state index contributed by atoms with van der Waals surface area (Å²) in [5.41, 5.74) is 6.64. The summed E-state index contributed by atoms with van der Waals surface area (Å²) in [5.74, 6) is -1.11. The number of hydrogen-bond acceptors (Lipinski definition) is 3. The van der Waals surface area contributed by atoms with Crippen LogP contribution in [-0.2, 0) is 4.79 Å². The summed E-state index contributed by atoms with van der Waals surface area (Å²) in [6.07, 6.45) is 3.07. The van der Waals surface area contributed by atoms with Gasteiger partial charge in [-0.3, -0.25) is 9.59 Å². The van der Waals surface area contributed by atoms with Crippen molar-refractivity contribution in [1.82, 2.24) is 0 Å². The summed E-state index contributed by atoms with van der Waals surface area (Å²) >= 11 is 1.40. The van der Waals surface area contributed by atoms with Crippen LogP contribution in [0.1, 0.15) is 15.2 Å². The van der Waals surface area contributed by atoms with Crippen LogP contribution in [0.25, 0.3) is 16.5 Å². The molecule has 26 heavy (non-hydrogen) atoms. The second kappa shape index (κ2) is 7.76. The molecule has 0 aliphatic rings. The Morgan fingerprint density at radius 3 is 2.42 bits per heavy atom. The van der Waals surface area contributed by atoms with E-state index in [1.807, 2.05) is 12.1 Å². The molecule has 0 spiro atoms. The Morgan fingerprint density at radius 1 is 1.00 bits per heavy atom. The van der Waals surface area contributed by atoms with Crippen molar-refractivity contribution in [2.75, 3.05) is 5.32 Å². The molecule has 0 aliphatic carbocycles. The molecule has 0 fully saturated rings. The number of amides is 2. The van der Waals surface area contributed by atoms with Crippen molar-refractivity contribution in [2.45, 2.75) is 0 Å². The molecule has 2 amide bonds. The third-order valence-corrected chi connectivity index (χ3v) is 4.69. The number of carbonyl (C=O) groups excluding carboxylic acids is 2. The topological polar surface area (TPSA) is 72.2 Å². The monoisotopic (exact) mass is 366 g/mol. The van der Waals surface area contributed by atoms with Crippen LogP contribution in [0, 0.1) is 5.82 Å². The smallest absolute Gasteiger partial charge is 0.248 e. The molecule has 4 nitrogen and oxygen atoms in total. The number of rotatable bonds is 5. The van der Waals surface area contributed by atoms with E-state index in [4.69, 9.17) is 5.73 Å². The molecule has 2 aromatic carbocycles. The van der Waals surface area contributed by atoms with Crippen LogP contribution >= 0.6 is 11.3 Å². The fourth-order valence-corrected chi connectivity index (χ4v) is 3.25. The second-order valence-corrected chi connectivity index (χ2v) is 6.56. The van der Waals surface area contributed by atoms with Crippen molar-refractivity contribution >= 4 is 34.9 Å². The van der Waals surface area contributed by atoms with E-state index in [-0.39, 0.29) is 11.7 Å². The average Bonchev–Trinajstić information content (AvgIpc) is 3.09. The lowest BCUT2D eigenvalue weighted by Crippen LogP contribution is -2.11. The molecule has 0 saturated carbocycles. The molecule has 130 valence electrons. The van der Waals surface area contributed by atoms with Crippen molar-refractivity contribution < 1.29 is 14.0 Å². The van der Waals surface area contributed by atoms with Crippen LogP contribution in [0.15, 0.2) is 66.7 Å². The van der Waals surface area contributed by atoms with Crippen molar-refractivity contribution in [3.05, 3.63) is 83.0 Å². The number of nitrogens with one attached hydrogen (secondary N) is 1. The Labute approximate surface area is 153 Å². The molecule has 6 heteroatoms. The maximum absolute atomic E-state index is 13.8. The van der Waals surface area contributed by atoms with Gasteiger partial charge in [-0.25, -0.2) is 4.39 Å². The number of benzene rings is 2. The van der Waals surface area contributed by atoms with Gasteiger partial charge in [0.1, 0.15) is 5.82 Å². The minimum Gasteiger partial charge on any atom is -0.366 e. The molecule has 0 bridgehead atoms. The SMILES string of the molecule is NC(=O)c1ccc(NC(=O)/C=C/c2ccc(-c3ccccc3F)s2)cc1. The first kappa shape index (κ1) is 17.6. The van der Waals surface area contributed by atoms with Gasteiger partial charge in [-0.05, 0) is 48.5 Å². The van der Waals surface area contributed by atoms with E-state index >= 15 is 0 Å². The zero-order valence-corrected chi connectivity index (χ0v) is 14.4. The van der Waals surface area contributed by atoms with Gasteiger partial charge >= 0.3 is 0 Å². The number of anilines is 1. The highest BCUT2D eigenvalue weighted by atomic mass is 32.1. The molecule has 0 radical (unpaired) electrons. The molecular formula is C20H15FN2O2S. The van der Waals surface area contributed by atoms with E-state index in [0.29, 0.717) is 16.8 Å². The highest BCUT2D eigenvalue weighted by molar-refractivity contribution is 7.16. The number of nitrogens with two attached hydrogens (primary N) is 1. The molecule has 3 N–H and O–H groups in total. The van der Waals surface area contributed by atoms with Crippen molar-refractivity contribution in [3.63, 3.8) is 0 Å². The number of thiophene rings is 1.